The van der Waals surface area contributed by atoms with Crippen molar-refractivity contribution in [3.63, 3.8) is 0 Å². The predicted octanol–water partition coefficient (Wildman–Crippen LogP) is 0.903. The van der Waals surface area contributed by atoms with Crippen LogP contribution >= 0.6 is 0 Å². The van der Waals surface area contributed by atoms with Crippen LogP contribution < -0.4 is 5.56 Å². The van der Waals surface area contributed by atoms with Gasteiger partial charge in [-0.05, 0) is 12.1 Å². The zero-order valence-electron chi connectivity index (χ0n) is 9.79. The van der Waals surface area contributed by atoms with Gasteiger partial charge in [0.2, 0.25) is 0 Å². The molecule has 0 fully saturated rings. The van der Waals surface area contributed by atoms with Crippen molar-refractivity contribution in [2.24, 2.45) is 0 Å². The van der Waals surface area contributed by atoms with Crippen LogP contribution in [0.3, 0.4) is 0 Å². The van der Waals surface area contributed by atoms with E-state index in [2.05, 4.69) is 5.16 Å². The third-order valence-electron chi connectivity index (χ3n) is 2.37. The van der Waals surface area contributed by atoms with Crippen LogP contribution in [-0.2, 0) is 17.9 Å². The van der Waals surface area contributed by atoms with E-state index >= 15 is 0 Å². The van der Waals surface area contributed by atoms with Gasteiger partial charge >= 0.3 is 0 Å². The van der Waals surface area contributed by atoms with Crippen molar-refractivity contribution in [1.82, 2.24) is 9.72 Å². The zero-order chi connectivity index (χ0) is 13.0. The fraction of sp³-hybridized carbons (Fsp3) is 0.250. The van der Waals surface area contributed by atoms with Crippen LogP contribution in [-0.4, -0.2) is 16.8 Å². The molecule has 0 saturated carbocycles. The van der Waals surface area contributed by atoms with Gasteiger partial charge in [-0.2, -0.15) is 5.26 Å². The number of nitrogens with zero attached hydrogens (tertiary/aromatic N) is 3. The number of ether oxygens (including phenoxy) is 1. The number of rotatable bonds is 4. The Hall–Kier alpha value is -2.39. The summed E-state index contributed by atoms with van der Waals surface area (Å²) in [6, 6.07) is 6.70. The van der Waals surface area contributed by atoms with Gasteiger partial charge in [0.15, 0.2) is 5.76 Å². The summed E-state index contributed by atoms with van der Waals surface area (Å²) in [6.45, 7) is 0.599. The van der Waals surface area contributed by atoms with Crippen molar-refractivity contribution in [2.45, 2.75) is 13.2 Å². The monoisotopic (exact) mass is 245 g/mol. The maximum atomic E-state index is 11.8. The van der Waals surface area contributed by atoms with Crippen LogP contribution in [0.25, 0.3) is 0 Å². The van der Waals surface area contributed by atoms with Gasteiger partial charge in [-0.15, -0.1) is 0 Å². The summed E-state index contributed by atoms with van der Waals surface area (Å²) in [5, 5.41) is 12.6. The first-order valence-electron chi connectivity index (χ1n) is 5.27. The molecule has 0 aliphatic rings. The van der Waals surface area contributed by atoms with E-state index in [0.29, 0.717) is 18.1 Å². The SMILES string of the molecule is COCc1cc(Cn2cccc(C#N)c2=O)no1. The average Bonchev–Trinajstić information content (AvgIpc) is 2.80. The minimum Gasteiger partial charge on any atom is -0.377 e. The van der Waals surface area contributed by atoms with Gasteiger partial charge in [-0.1, -0.05) is 5.16 Å². The van der Waals surface area contributed by atoms with E-state index in [4.69, 9.17) is 14.5 Å². The number of methoxy groups -OCH3 is 1. The van der Waals surface area contributed by atoms with Gasteiger partial charge in [-0.25, -0.2) is 0 Å². The van der Waals surface area contributed by atoms with Crippen molar-refractivity contribution >= 4 is 0 Å². The molecule has 0 spiro atoms. The lowest BCUT2D eigenvalue weighted by molar-refractivity contribution is 0.155. The molecule has 6 heteroatoms. The lowest BCUT2D eigenvalue weighted by atomic mass is 10.3. The van der Waals surface area contributed by atoms with Gasteiger partial charge < -0.3 is 13.8 Å². The molecule has 18 heavy (non-hydrogen) atoms. The topological polar surface area (TPSA) is 81.0 Å². The lowest BCUT2D eigenvalue weighted by Crippen LogP contribution is -2.22. The zero-order valence-corrected chi connectivity index (χ0v) is 9.79. The van der Waals surface area contributed by atoms with Gasteiger partial charge in [-0.3, -0.25) is 4.79 Å². The molecule has 0 N–H and O–H groups in total. The Morgan fingerprint density at radius 3 is 3.17 bits per heavy atom. The van der Waals surface area contributed by atoms with E-state index in [1.165, 1.54) is 10.6 Å². The Bertz CT molecular complexity index is 637. The smallest absolute Gasteiger partial charge is 0.268 e. The highest BCUT2D eigenvalue weighted by Crippen LogP contribution is 2.06. The van der Waals surface area contributed by atoms with Gasteiger partial charge in [0.05, 0.1) is 6.54 Å². The van der Waals surface area contributed by atoms with E-state index in [9.17, 15) is 4.79 Å². The Morgan fingerprint density at radius 2 is 2.44 bits per heavy atom. The summed E-state index contributed by atoms with van der Waals surface area (Å²) in [4.78, 5) is 11.8. The first-order valence-corrected chi connectivity index (χ1v) is 5.27. The molecule has 0 atom stereocenters. The fourth-order valence-electron chi connectivity index (χ4n) is 1.56. The maximum absolute atomic E-state index is 11.8. The Balaban J connectivity index is 2.23. The Morgan fingerprint density at radius 1 is 1.61 bits per heavy atom. The van der Waals surface area contributed by atoms with Crippen molar-refractivity contribution in [1.29, 1.82) is 5.26 Å². The molecule has 2 rings (SSSR count). The van der Waals surface area contributed by atoms with Crippen LogP contribution in [0.5, 0.6) is 0 Å². The molecule has 0 radical (unpaired) electrons. The van der Waals surface area contributed by atoms with Crippen LogP contribution in [0.15, 0.2) is 33.7 Å². The van der Waals surface area contributed by atoms with Crippen LogP contribution in [0, 0.1) is 11.3 Å². The fourth-order valence-corrected chi connectivity index (χ4v) is 1.56. The van der Waals surface area contributed by atoms with Gasteiger partial charge in [0, 0.05) is 19.4 Å². The number of pyridine rings is 1. The normalized spacial score (nSPS) is 10.2. The molecular weight excluding hydrogens is 234 g/mol. The second-order valence-electron chi connectivity index (χ2n) is 3.68. The third-order valence-corrected chi connectivity index (χ3v) is 2.37. The second-order valence-corrected chi connectivity index (χ2v) is 3.68. The first-order chi connectivity index (χ1) is 8.74. The largest absolute Gasteiger partial charge is 0.377 e. The van der Waals surface area contributed by atoms with Crippen molar-refractivity contribution < 1.29 is 9.26 Å². The van der Waals surface area contributed by atoms with E-state index in [1.54, 1.807) is 25.4 Å². The molecule has 92 valence electrons. The molecule has 2 heterocycles. The summed E-state index contributed by atoms with van der Waals surface area (Å²) in [7, 11) is 1.56. The van der Waals surface area contributed by atoms with Crippen LogP contribution in [0.4, 0.5) is 0 Å². The summed E-state index contributed by atoms with van der Waals surface area (Å²) in [5.41, 5.74) is 0.383. The number of hydrogen-bond donors (Lipinski definition) is 0. The molecule has 0 aromatic carbocycles. The Kier molecular flexibility index (Phi) is 3.55. The van der Waals surface area contributed by atoms with Gasteiger partial charge in [0.25, 0.3) is 5.56 Å². The molecule has 0 aliphatic carbocycles. The van der Waals surface area contributed by atoms with E-state index in [-0.39, 0.29) is 17.7 Å². The molecule has 0 saturated heterocycles. The number of aromatic nitrogens is 2. The van der Waals surface area contributed by atoms with Crippen molar-refractivity contribution in [2.75, 3.05) is 7.11 Å². The van der Waals surface area contributed by atoms with E-state index in [0.717, 1.165) is 0 Å². The van der Waals surface area contributed by atoms with Crippen LogP contribution in [0.1, 0.15) is 17.0 Å². The third kappa shape index (κ3) is 2.47. The lowest BCUT2D eigenvalue weighted by Gasteiger charge is -2.01. The highest BCUT2D eigenvalue weighted by atomic mass is 16.5. The molecule has 0 aliphatic heterocycles. The van der Waals surface area contributed by atoms with Crippen molar-refractivity contribution in [3.8, 4) is 6.07 Å². The standard InChI is InChI=1S/C12H11N3O3/c1-17-8-11-5-10(14-18-11)7-15-4-2-3-9(6-13)12(15)16/h2-5H,7-8H2,1H3. The second kappa shape index (κ2) is 5.29. The van der Waals surface area contributed by atoms with Crippen LogP contribution in [0.2, 0.25) is 0 Å². The molecule has 0 bridgehead atoms. The molecule has 2 aromatic heterocycles. The quantitative estimate of drug-likeness (QED) is 0.799. The summed E-state index contributed by atoms with van der Waals surface area (Å²) in [6.07, 6.45) is 1.61. The molecular formula is C12H11N3O3. The van der Waals surface area contributed by atoms with Crippen molar-refractivity contribution in [3.05, 3.63) is 51.8 Å². The summed E-state index contributed by atoms with van der Waals surface area (Å²) >= 11 is 0. The molecule has 0 unspecified atom stereocenters. The first kappa shape index (κ1) is 12.1. The van der Waals surface area contributed by atoms with Gasteiger partial charge in [0.1, 0.15) is 23.9 Å². The highest BCUT2D eigenvalue weighted by Gasteiger charge is 2.07. The molecule has 2 aromatic rings. The highest BCUT2D eigenvalue weighted by molar-refractivity contribution is 5.25. The van der Waals surface area contributed by atoms with E-state index in [1.807, 2.05) is 6.07 Å². The minimum atomic E-state index is -0.337. The Labute approximate surface area is 103 Å². The maximum Gasteiger partial charge on any atom is 0.268 e. The summed E-state index contributed by atoms with van der Waals surface area (Å²) < 4.78 is 11.3. The number of hydrogen-bond acceptors (Lipinski definition) is 5. The number of nitriles is 1. The molecule has 0 amide bonds. The molecule has 6 nitrogen and oxygen atoms in total. The average molecular weight is 245 g/mol. The summed E-state index contributed by atoms with van der Waals surface area (Å²) in [5.74, 6) is 0.594. The van der Waals surface area contributed by atoms with E-state index < -0.39 is 0 Å². The predicted molar refractivity (Wildman–Crippen MR) is 61.7 cm³/mol. The minimum absolute atomic E-state index is 0.109.